The Labute approximate surface area is 128 Å². The van der Waals surface area contributed by atoms with Crippen molar-refractivity contribution in [3.63, 3.8) is 0 Å². The number of aromatic amines is 1. The van der Waals surface area contributed by atoms with E-state index in [0.29, 0.717) is 5.56 Å². The monoisotopic (exact) mass is 292 g/mol. The molecule has 0 unspecified atom stereocenters. The van der Waals surface area contributed by atoms with Crippen LogP contribution in [0.3, 0.4) is 0 Å². The predicted octanol–water partition coefficient (Wildman–Crippen LogP) is 4.29. The van der Waals surface area contributed by atoms with Crippen LogP contribution in [0, 0.1) is 6.92 Å². The van der Waals surface area contributed by atoms with E-state index in [4.69, 9.17) is 0 Å². The third kappa shape index (κ3) is 2.59. The summed E-state index contributed by atoms with van der Waals surface area (Å²) < 4.78 is 0. The van der Waals surface area contributed by atoms with Gasteiger partial charge >= 0.3 is 0 Å². The maximum Gasteiger partial charge on any atom is 0.115 e. The van der Waals surface area contributed by atoms with Gasteiger partial charge < -0.3 is 10.2 Å². The van der Waals surface area contributed by atoms with Crippen molar-refractivity contribution in [3.8, 4) is 28.3 Å². The molecule has 3 aromatic rings. The molecule has 110 valence electrons. The summed E-state index contributed by atoms with van der Waals surface area (Å²) in [7, 11) is 0. The van der Waals surface area contributed by atoms with Gasteiger partial charge in [0.05, 0.1) is 11.4 Å². The number of rotatable bonds is 3. The number of phenols is 1. The molecular weight excluding hydrogens is 276 g/mol. The second-order valence-corrected chi connectivity index (χ2v) is 5.19. The van der Waals surface area contributed by atoms with Gasteiger partial charge in [-0.05, 0) is 48.9 Å². The first kappa shape index (κ1) is 13.9. The fraction of sp³-hybridized carbons (Fsp3) is 0.0556. The lowest BCUT2D eigenvalue weighted by Crippen LogP contribution is -1.88. The van der Waals surface area contributed by atoms with Crippen molar-refractivity contribution in [3.05, 3.63) is 66.2 Å². The average molecular weight is 292 g/mol. The first-order chi connectivity index (χ1) is 10.5. The maximum absolute atomic E-state index is 9.55. The number of H-pyrrole nitrogens is 1. The van der Waals surface area contributed by atoms with Gasteiger partial charge in [-0.2, -0.15) is 5.10 Å². The highest BCUT2D eigenvalue weighted by molar-refractivity contribution is 5.73. The molecule has 0 aliphatic heterocycles. The Morgan fingerprint density at radius 3 is 2.50 bits per heavy atom. The minimum Gasteiger partial charge on any atom is -0.508 e. The van der Waals surface area contributed by atoms with Crippen molar-refractivity contribution in [2.24, 2.45) is 0 Å². The summed E-state index contributed by atoms with van der Waals surface area (Å²) in [4.78, 5) is 0. The fourth-order valence-electron chi connectivity index (χ4n) is 2.33. The number of aromatic hydroxyl groups is 1. The number of benzene rings is 2. The number of hydrogen-bond acceptors (Lipinski definition) is 3. The van der Waals surface area contributed by atoms with Crippen molar-refractivity contribution in [2.75, 3.05) is 0 Å². The minimum absolute atomic E-state index is 0.0412. The Hall–Kier alpha value is -3.01. The van der Waals surface area contributed by atoms with Crippen LogP contribution in [-0.2, 0) is 0 Å². The molecule has 0 saturated carbocycles. The molecule has 0 aliphatic rings. The molecule has 0 saturated heterocycles. The van der Waals surface area contributed by atoms with E-state index in [9.17, 15) is 10.2 Å². The predicted molar refractivity (Wildman–Crippen MR) is 87.5 cm³/mol. The Morgan fingerprint density at radius 1 is 1.09 bits per heavy atom. The van der Waals surface area contributed by atoms with Crippen LogP contribution in [-0.4, -0.2) is 20.4 Å². The zero-order valence-corrected chi connectivity index (χ0v) is 12.2. The molecule has 0 bridgehead atoms. The Balaban J connectivity index is 2.02. The minimum atomic E-state index is 0.0412. The van der Waals surface area contributed by atoms with E-state index < -0.39 is 0 Å². The number of aliphatic hydroxyl groups is 1. The van der Waals surface area contributed by atoms with Crippen LogP contribution >= 0.6 is 0 Å². The van der Waals surface area contributed by atoms with E-state index in [1.54, 1.807) is 12.1 Å². The van der Waals surface area contributed by atoms with Crippen LogP contribution < -0.4 is 0 Å². The molecule has 0 amide bonds. The summed E-state index contributed by atoms with van der Waals surface area (Å²) in [5.41, 5.74) is 5.30. The quantitative estimate of drug-likeness (QED) is 0.631. The maximum atomic E-state index is 9.55. The summed E-state index contributed by atoms with van der Waals surface area (Å²) in [6.45, 7) is 5.56. The van der Waals surface area contributed by atoms with Crippen molar-refractivity contribution in [1.29, 1.82) is 0 Å². The summed E-state index contributed by atoms with van der Waals surface area (Å²) in [5, 5.41) is 26.2. The molecule has 0 fully saturated rings. The third-order valence-corrected chi connectivity index (χ3v) is 3.60. The van der Waals surface area contributed by atoms with Crippen LogP contribution in [0.2, 0.25) is 0 Å². The highest BCUT2D eigenvalue weighted by Crippen LogP contribution is 2.28. The molecule has 4 nitrogen and oxygen atoms in total. The van der Waals surface area contributed by atoms with Crippen LogP contribution in [0.5, 0.6) is 5.75 Å². The topological polar surface area (TPSA) is 69.1 Å². The largest absolute Gasteiger partial charge is 0.508 e. The smallest absolute Gasteiger partial charge is 0.115 e. The van der Waals surface area contributed by atoms with Gasteiger partial charge in [0.1, 0.15) is 11.5 Å². The normalized spacial score (nSPS) is 10.6. The van der Waals surface area contributed by atoms with Gasteiger partial charge in [0.15, 0.2) is 0 Å². The highest BCUT2D eigenvalue weighted by Gasteiger charge is 2.10. The number of aromatic nitrogens is 2. The number of hydrogen-bond donors (Lipinski definition) is 3. The number of nitrogens with zero attached hydrogens (tertiary/aromatic N) is 1. The van der Waals surface area contributed by atoms with Crippen LogP contribution in [0.25, 0.3) is 28.3 Å². The van der Waals surface area contributed by atoms with E-state index in [1.165, 1.54) is 0 Å². The van der Waals surface area contributed by atoms with Gasteiger partial charge in [0.2, 0.25) is 0 Å². The molecule has 0 atom stereocenters. The molecule has 1 aromatic heterocycles. The highest BCUT2D eigenvalue weighted by atomic mass is 16.3. The first-order valence-corrected chi connectivity index (χ1v) is 6.88. The standard InChI is InChI=1S/C18H16N2O2/c1-11-3-4-14(12(2)21)9-16(11)18-10-17(19-20-18)13-5-7-15(22)8-6-13/h3-10,21-22H,2H2,1H3,(H,19,20). The van der Waals surface area contributed by atoms with Crippen molar-refractivity contribution < 1.29 is 10.2 Å². The number of aryl methyl sites for hydroxylation is 1. The number of aliphatic hydroxyl groups excluding tert-OH is 1. The number of phenolic OH excluding ortho intramolecular Hbond substituents is 1. The molecule has 0 radical (unpaired) electrons. The lowest BCUT2D eigenvalue weighted by atomic mass is 10.0. The van der Waals surface area contributed by atoms with E-state index in [0.717, 1.165) is 28.1 Å². The van der Waals surface area contributed by atoms with Gasteiger partial charge in [-0.3, -0.25) is 5.10 Å². The molecule has 4 heteroatoms. The SMILES string of the molecule is C=C(O)c1ccc(C)c(-c2cc(-c3ccc(O)cc3)n[nH]2)c1. The Kier molecular flexibility index (Phi) is 3.43. The molecule has 2 aromatic carbocycles. The Bertz CT molecular complexity index is 833. The zero-order valence-electron chi connectivity index (χ0n) is 12.2. The van der Waals surface area contributed by atoms with Crippen molar-refractivity contribution in [1.82, 2.24) is 10.2 Å². The van der Waals surface area contributed by atoms with Crippen molar-refractivity contribution in [2.45, 2.75) is 6.92 Å². The number of nitrogens with one attached hydrogen (secondary N) is 1. The van der Waals surface area contributed by atoms with Crippen LogP contribution in [0.1, 0.15) is 11.1 Å². The lowest BCUT2D eigenvalue weighted by molar-refractivity contribution is 0.475. The van der Waals surface area contributed by atoms with Crippen LogP contribution in [0.15, 0.2) is 55.1 Å². The summed E-state index contributed by atoms with van der Waals surface area (Å²) in [5.74, 6) is 0.268. The van der Waals surface area contributed by atoms with Crippen LogP contribution in [0.4, 0.5) is 0 Å². The third-order valence-electron chi connectivity index (χ3n) is 3.60. The average Bonchev–Trinajstić information content (AvgIpc) is 2.98. The van der Waals surface area contributed by atoms with E-state index in [1.807, 2.05) is 43.3 Å². The van der Waals surface area contributed by atoms with E-state index >= 15 is 0 Å². The van der Waals surface area contributed by atoms with E-state index in [-0.39, 0.29) is 11.5 Å². The molecular formula is C18H16N2O2. The second-order valence-electron chi connectivity index (χ2n) is 5.19. The molecule has 0 aliphatic carbocycles. The molecule has 0 spiro atoms. The first-order valence-electron chi connectivity index (χ1n) is 6.88. The van der Waals surface area contributed by atoms with Gasteiger partial charge in [-0.25, -0.2) is 0 Å². The van der Waals surface area contributed by atoms with Gasteiger partial charge in [-0.1, -0.05) is 18.7 Å². The zero-order chi connectivity index (χ0) is 15.7. The summed E-state index contributed by atoms with van der Waals surface area (Å²) in [6, 6.07) is 14.5. The molecule has 22 heavy (non-hydrogen) atoms. The molecule has 3 N–H and O–H groups in total. The summed E-state index contributed by atoms with van der Waals surface area (Å²) >= 11 is 0. The Morgan fingerprint density at radius 2 is 1.82 bits per heavy atom. The molecule has 3 rings (SSSR count). The van der Waals surface area contributed by atoms with Gasteiger partial charge in [-0.15, -0.1) is 0 Å². The summed E-state index contributed by atoms with van der Waals surface area (Å²) in [6.07, 6.45) is 0. The van der Waals surface area contributed by atoms with Gasteiger partial charge in [0.25, 0.3) is 0 Å². The second kappa shape index (κ2) is 5.41. The van der Waals surface area contributed by atoms with E-state index in [2.05, 4.69) is 16.8 Å². The van der Waals surface area contributed by atoms with Gasteiger partial charge in [0, 0.05) is 16.7 Å². The lowest BCUT2D eigenvalue weighted by Gasteiger charge is -2.06. The molecule has 1 heterocycles. The van der Waals surface area contributed by atoms with Crippen molar-refractivity contribution >= 4 is 5.76 Å². The fourth-order valence-corrected chi connectivity index (χ4v) is 2.33.